The highest BCUT2D eigenvalue weighted by Crippen LogP contribution is 2.31. The molecule has 2 aromatic rings. The third-order valence-corrected chi connectivity index (χ3v) is 3.72. The molecule has 0 aromatic carbocycles. The van der Waals surface area contributed by atoms with E-state index in [1.165, 1.54) is 16.6 Å². The van der Waals surface area contributed by atoms with Crippen LogP contribution in [0.2, 0.25) is 0 Å². The summed E-state index contributed by atoms with van der Waals surface area (Å²) < 4.78 is 18.8. The van der Waals surface area contributed by atoms with Gasteiger partial charge in [-0.3, -0.25) is 0 Å². The van der Waals surface area contributed by atoms with Crippen LogP contribution in [0, 0.1) is 19.8 Å². The highest BCUT2D eigenvalue weighted by Gasteiger charge is 2.16. The lowest BCUT2D eigenvalue weighted by Gasteiger charge is -2.13. The minimum Gasteiger partial charge on any atom is -0.476 e. The average molecular weight is 306 g/mol. The van der Waals surface area contributed by atoms with Crippen molar-refractivity contribution in [1.82, 2.24) is 9.55 Å². The van der Waals surface area contributed by atoms with Crippen LogP contribution in [0.5, 0.6) is 5.88 Å². The van der Waals surface area contributed by atoms with E-state index in [4.69, 9.17) is 14.2 Å². The first-order valence-electron chi connectivity index (χ1n) is 7.70. The number of fused-ring (bicyclic) bond motifs is 1. The Morgan fingerprint density at radius 3 is 2.68 bits per heavy atom. The van der Waals surface area contributed by atoms with Gasteiger partial charge in [0.15, 0.2) is 0 Å². The summed E-state index contributed by atoms with van der Waals surface area (Å²) in [5.74, 6) is 1.14. The Bertz CT molecular complexity index is 620. The molecule has 0 aliphatic heterocycles. The number of ether oxygens (including phenoxy) is 3. The number of methoxy groups -OCH3 is 1. The van der Waals surface area contributed by atoms with E-state index < -0.39 is 0 Å². The van der Waals surface area contributed by atoms with Gasteiger partial charge in [0.2, 0.25) is 5.88 Å². The summed E-state index contributed by atoms with van der Waals surface area (Å²) in [7, 11) is 1.67. The number of nitrogens with zero attached hydrogens (tertiary/aromatic N) is 2. The monoisotopic (exact) mass is 306 g/mol. The fourth-order valence-corrected chi connectivity index (χ4v) is 2.37. The molecule has 0 radical (unpaired) electrons. The van der Waals surface area contributed by atoms with Gasteiger partial charge in [-0.05, 0) is 31.4 Å². The molecule has 5 nitrogen and oxygen atoms in total. The predicted molar refractivity (Wildman–Crippen MR) is 87.4 cm³/mol. The van der Waals surface area contributed by atoms with Crippen LogP contribution in [0.3, 0.4) is 0 Å². The van der Waals surface area contributed by atoms with Gasteiger partial charge in [0.25, 0.3) is 0 Å². The van der Waals surface area contributed by atoms with Crippen molar-refractivity contribution in [2.75, 3.05) is 26.9 Å². The van der Waals surface area contributed by atoms with E-state index in [0.717, 1.165) is 5.52 Å². The highest BCUT2D eigenvalue weighted by molar-refractivity contribution is 5.88. The molecule has 2 aromatic heterocycles. The van der Waals surface area contributed by atoms with Crippen LogP contribution in [0.15, 0.2) is 12.3 Å². The van der Waals surface area contributed by atoms with Crippen molar-refractivity contribution in [3.63, 3.8) is 0 Å². The van der Waals surface area contributed by atoms with Gasteiger partial charge in [-0.15, -0.1) is 0 Å². The van der Waals surface area contributed by atoms with Gasteiger partial charge in [-0.1, -0.05) is 13.8 Å². The van der Waals surface area contributed by atoms with Crippen LogP contribution in [0.1, 0.15) is 25.1 Å². The molecule has 0 amide bonds. The number of hydrogen-bond donors (Lipinski definition) is 0. The molecule has 0 atom stereocenters. The zero-order valence-corrected chi connectivity index (χ0v) is 14.2. The first-order chi connectivity index (χ1) is 10.6. The van der Waals surface area contributed by atoms with Crippen LogP contribution in [-0.4, -0.2) is 36.5 Å². The molecule has 0 fully saturated rings. The van der Waals surface area contributed by atoms with Gasteiger partial charge in [0, 0.05) is 24.4 Å². The SMILES string of the molecule is COCCOCn1c(C)c(C)c2ccnc(OCC(C)C)c21. The van der Waals surface area contributed by atoms with E-state index in [1.54, 1.807) is 13.3 Å². The molecule has 2 rings (SSSR count). The van der Waals surface area contributed by atoms with E-state index in [1.807, 2.05) is 6.07 Å². The fourth-order valence-electron chi connectivity index (χ4n) is 2.37. The number of rotatable bonds is 8. The number of pyridine rings is 1. The Labute approximate surface area is 132 Å². The minimum atomic E-state index is 0.459. The first-order valence-corrected chi connectivity index (χ1v) is 7.70. The molecule has 0 unspecified atom stereocenters. The zero-order chi connectivity index (χ0) is 16.1. The molecule has 0 N–H and O–H groups in total. The van der Waals surface area contributed by atoms with E-state index in [2.05, 4.69) is 37.2 Å². The number of hydrogen-bond acceptors (Lipinski definition) is 4. The third-order valence-electron chi connectivity index (χ3n) is 3.72. The predicted octanol–water partition coefficient (Wildman–Crippen LogP) is 3.31. The average Bonchev–Trinajstić information content (AvgIpc) is 2.75. The van der Waals surface area contributed by atoms with Crippen molar-refractivity contribution in [2.24, 2.45) is 5.92 Å². The molecule has 0 aliphatic rings. The fraction of sp³-hybridized carbons (Fsp3) is 0.588. The Morgan fingerprint density at radius 1 is 1.23 bits per heavy atom. The summed E-state index contributed by atoms with van der Waals surface area (Å²) in [6, 6.07) is 2.03. The molecule has 0 spiro atoms. The van der Waals surface area contributed by atoms with Crippen molar-refractivity contribution in [3.8, 4) is 5.88 Å². The summed E-state index contributed by atoms with van der Waals surface area (Å²) in [6.07, 6.45) is 1.81. The summed E-state index contributed by atoms with van der Waals surface area (Å²) in [5, 5.41) is 1.17. The Balaban J connectivity index is 2.33. The highest BCUT2D eigenvalue weighted by atomic mass is 16.5. The Morgan fingerprint density at radius 2 is 2.00 bits per heavy atom. The lowest BCUT2D eigenvalue weighted by Crippen LogP contribution is -2.10. The maximum Gasteiger partial charge on any atom is 0.238 e. The topological polar surface area (TPSA) is 45.5 Å². The van der Waals surface area contributed by atoms with Gasteiger partial charge in [-0.2, -0.15) is 0 Å². The molecule has 0 bridgehead atoms. The van der Waals surface area contributed by atoms with E-state index in [9.17, 15) is 0 Å². The van der Waals surface area contributed by atoms with Crippen LogP contribution in [-0.2, 0) is 16.2 Å². The second-order valence-electron chi connectivity index (χ2n) is 5.89. The lowest BCUT2D eigenvalue weighted by molar-refractivity contribution is 0.0350. The molecule has 0 saturated heterocycles. The van der Waals surface area contributed by atoms with Crippen LogP contribution >= 0.6 is 0 Å². The third kappa shape index (κ3) is 3.59. The molecule has 122 valence electrons. The molecular formula is C17H26N2O3. The molecule has 0 saturated carbocycles. The van der Waals surface area contributed by atoms with Gasteiger partial charge in [0.05, 0.1) is 19.8 Å². The molecule has 5 heteroatoms. The number of aromatic nitrogens is 2. The largest absolute Gasteiger partial charge is 0.476 e. The lowest BCUT2D eigenvalue weighted by atomic mass is 10.2. The molecule has 0 aliphatic carbocycles. The molecule has 22 heavy (non-hydrogen) atoms. The van der Waals surface area contributed by atoms with Gasteiger partial charge >= 0.3 is 0 Å². The number of aryl methyl sites for hydroxylation is 1. The minimum absolute atomic E-state index is 0.459. The zero-order valence-electron chi connectivity index (χ0n) is 14.2. The van der Waals surface area contributed by atoms with Crippen LogP contribution < -0.4 is 4.74 Å². The normalized spacial score (nSPS) is 11.5. The smallest absolute Gasteiger partial charge is 0.238 e. The Kier molecular flexibility index (Phi) is 5.80. The van der Waals surface area contributed by atoms with Crippen molar-refractivity contribution in [3.05, 3.63) is 23.5 Å². The quantitative estimate of drug-likeness (QED) is 0.702. The van der Waals surface area contributed by atoms with Crippen molar-refractivity contribution in [1.29, 1.82) is 0 Å². The van der Waals surface area contributed by atoms with E-state index in [-0.39, 0.29) is 0 Å². The maximum atomic E-state index is 5.90. The van der Waals surface area contributed by atoms with Crippen LogP contribution in [0.4, 0.5) is 0 Å². The van der Waals surface area contributed by atoms with Gasteiger partial charge < -0.3 is 18.8 Å². The van der Waals surface area contributed by atoms with Crippen molar-refractivity contribution < 1.29 is 14.2 Å². The van der Waals surface area contributed by atoms with Crippen LogP contribution in [0.25, 0.3) is 10.9 Å². The Hall–Kier alpha value is -1.59. The second kappa shape index (κ2) is 7.61. The van der Waals surface area contributed by atoms with Crippen molar-refractivity contribution in [2.45, 2.75) is 34.4 Å². The van der Waals surface area contributed by atoms with E-state index >= 15 is 0 Å². The van der Waals surface area contributed by atoms with E-state index in [0.29, 0.717) is 38.3 Å². The summed E-state index contributed by atoms with van der Waals surface area (Å²) in [4.78, 5) is 4.42. The summed E-state index contributed by atoms with van der Waals surface area (Å²) in [5.41, 5.74) is 3.42. The standard InChI is InChI=1S/C17H26N2O3/c1-12(2)10-22-17-16-15(6-7-18-17)13(3)14(4)19(16)11-21-9-8-20-5/h6-7,12H,8-11H2,1-5H3. The van der Waals surface area contributed by atoms with Gasteiger partial charge in [-0.25, -0.2) is 4.98 Å². The van der Waals surface area contributed by atoms with Gasteiger partial charge in [0.1, 0.15) is 12.2 Å². The van der Waals surface area contributed by atoms with Crippen molar-refractivity contribution >= 4 is 10.9 Å². The molecule has 2 heterocycles. The molecular weight excluding hydrogens is 280 g/mol. The maximum absolute atomic E-state index is 5.90. The summed E-state index contributed by atoms with van der Waals surface area (Å²) >= 11 is 0. The first kappa shape index (κ1) is 16.8. The second-order valence-corrected chi connectivity index (χ2v) is 5.89. The summed E-state index contributed by atoms with van der Waals surface area (Å²) in [6.45, 7) is 10.8.